The second-order valence-corrected chi connectivity index (χ2v) is 10.9. The number of hydrogen-bond donors (Lipinski definition) is 3. The van der Waals surface area contributed by atoms with Crippen LogP contribution in [-0.4, -0.2) is 69.4 Å². The Hall–Kier alpha value is -2.79. The molecule has 3 aromatic heterocycles. The first-order valence-corrected chi connectivity index (χ1v) is 12.7. The fourth-order valence-corrected chi connectivity index (χ4v) is 6.40. The minimum absolute atomic E-state index is 0.0718. The SMILES string of the molecule is Cc1cc(Nc2nc(NC3CCN(S(=O)(=O)N4CC(C#N)C4)CC3)nc3sccc23)n[nH]1. The molecular formula is C19H23N9O2S2. The number of nitriles is 1. The van der Waals surface area contributed by atoms with Gasteiger partial charge in [0.25, 0.3) is 10.2 Å². The van der Waals surface area contributed by atoms with Crippen LogP contribution in [0.5, 0.6) is 0 Å². The van der Waals surface area contributed by atoms with Crippen molar-refractivity contribution in [2.45, 2.75) is 25.8 Å². The summed E-state index contributed by atoms with van der Waals surface area (Å²) in [4.78, 5) is 10.1. The zero-order valence-corrected chi connectivity index (χ0v) is 19.1. The summed E-state index contributed by atoms with van der Waals surface area (Å²) < 4.78 is 28.3. The molecule has 0 aromatic carbocycles. The van der Waals surface area contributed by atoms with Crippen molar-refractivity contribution in [2.75, 3.05) is 36.8 Å². The second-order valence-electron chi connectivity index (χ2n) is 8.06. The summed E-state index contributed by atoms with van der Waals surface area (Å²) in [6, 6.07) is 6.06. The number of piperidine rings is 1. The fourth-order valence-electron chi connectivity index (χ4n) is 3.90. The predicted octanol–water partition coefficient (Wildman–Crippen LogP) is 2.04. The van der Waals surface area contributed by atoms with Gasteiger partial charge in [0.1, 0.15) is 10.6 Å². The van der Waals surface area contributed by atoms with E-state index < -0.39 is 10.2 Å². The Kier molecular flexibility index (Phi) is 5.46. The number of H-pyrrole nitrogens is 1. The third kappa shape index (κ3) is 4.02. The molecule has 0 unspecified atom stereocenters. The van der Waals surface area contributed by atoms with Crippen LogP contribution in [0, 0.1) is 24.2 Å². The summed E-state index contributed by atoms with van der Waals surface area (Å²) >= 11 is 1.54. The van der Waals surface area contributed by atoms with Crippen LogP contribution in [0.25, 0.3) is 10.2 Å². The van der Waals surface area contributed by atoms with Gasteiger partial charge in [-0.15, -0.1) is 11.3 Å². The third-order valence-corrected chi connectivity index (χ3v) is 8.52. The lowest BCUT2D eigenvalue weighted by Gasteiger charge is -2.40. The number of anilines is 3. The molecular weight excluding hydrogens is 450 g/mol. The van der Waals surface area contributed by atoms with E-state index in [1.165, 1.54) is 19.9 Å². The van der Waals surface area contributed by atoms with E-state index in [2.05, 4.69) is 36.9 Å². The number of aryl methyl sites for hydroxylation is 1. The van der Waals surface area contributed by atoms with Crippen molar-refractivity contribution in [1.29, 1.82) is 5.26 Å². The number of thiophene rings is 1. The van der Waals surface area contributed by atoms with Gasteiger partial charge >= 0.3 is 0 Å². The van der Waals surface area contributed by atoms with Gasteiger partial charge in [0.15, 0.2) is 5.82 Å². The molecule has 32 heavy (non-hydrogen) atoms. The van der Waals surface area contributed by atoms with E-state index >= 15 is 0 Å². The number of rotatable bonds is 6. The minimum Gasteiger partial charge on any atom is -0.351 e. The average Bonchev–Trinajstić information content (AvgIpc) is 3.36. The van der Waals surface area contributed by atoms with Crippen LogP contribution in [0.4, 0.5) is 17.6 Å². The van der Waals surface area contributed by atoms with Crippen molar-refractivity contribution < 1.29 is 8.42 Å². The van der Waals surface area contributed by atoms with Crippen LogP contribution in [0.3, 0.4) is 0 Å². The number of nitrogens with zero attached hydrogens (tertiary/aromatic N) is 6. The van der Waals surface area contributed by atoms with Crippen LogP contribution in [0.15, 0.2) is 17.5 Å². The summed E-state index contributed by atoms with van der Waals surface area (Å²) in [7, 11) is -3.49. The quantitative estimate of drug-likeness (QED) is 0.494. The minimum atomic E-state index is -3.49. The molecule has 3 aromatic rings. The lowest BCUT2D eigenvalue weighted by molar-refractivity contribution is 0.216. The van der Waals surface area contributed by atoms with Crippen molar-refractivity contribution in [3.8, 4) is 6.07 Å². The van der Waals surface area contributed by atoms with E-state index in [0.717, 1.165) is 15.9 Å². The van der Waals surface area contributed by atoms with Gasteiger partial charge in [0, 0.05) is 44.0 Å². The molecule has 3 N–H and O–H groups in total. The van der Waals surface area contributed by atoms with Crippen LogP contribution in [0.1, 0.15) is 18.5 Å². The summed E-state index contributed by atoms with van der Waals surface area (Å²) in [5, 5.41) is 25.5. The van der Waals surface area contributed by atoms with E-state index in [9.17, 15) is 8.42 Å². The zero-order valence-electron chi connectivity index (χ0n) is 17.4. The number of fused-ring (bicyclic) bond motifs is 1. The lowest BCUT2D eigenvalue weighted by atomic mass is 10.1. The molecule has 168 valence electrons. The molecule has 5 rings (SSSR count). The van der Waals surface area contributed by atoms with Gasteiger partial charge < -0.3 is 10.6 Å². The van der Waals surface area contributed by atoms with E-state index in [4.69, 9.17) is 5.26 Å². The Morgan fingerprint density at radius 3 is 2.72 bits per heavy atom. The topological polar surface area (TPSA) is 143 Å². The van der Waals surface area contributed by atoms with Crippen LogP contribution in [-0.2, 0) is 10.2 Å². The molecule has 0 aliphatic carbocycles. The van der Waals surface area contributed by atoms with E-state index in [0.29, 0.717) is 43.5 Å². The molecule has 0 saturated carbocycles. The summed E-state index contributed by atoms with van der Waals surface area (Å²) in [5.41, 5.74) is 0.949. The summed E-state index contributed by atoms with van der Waals surface area (Å²) in [6.07, 6.45) is 1.31. The normalized spacial score (nSPS) is 19.0. The molecule has 0 amide bonds. The molecule has 0 bridgehead atoms. The van der Waals surface area contributed by atoms with Crippen molar-refractivity contribution in [3.05, 3.63) is 23.2 Å². The third-order valence-electron chi connectivity index (χ3n) is 5.75. The van der Waals surface area contributed by atoms with Crippen molar-refractivity contribution >= 4 is 49.3 Å². The Balaban J connectivity index is 1.25. The van der Waals surface area contributed by atoms with Crippen molar-refractivity contribution in [1.82, 2.24) is 28.8 Å². The molecule has 2 saturated heterocycles. The molecule has 2 aliphatic heterocycles. The molecule has 2 fully saturated rings. The van der Waals surface area contributed by atoms with Crippen molar-refractivity contribution in [2.24, 2.45) is 5.92 Å². The Bertz CT molecular complexity index is 1270. The van der Waals surface area contributed by atoms with Gasteiger partial charge in [-0.25, -0.2) is 4.98 Å². The predicted molar refractivity (Wildman–Crippen MR) is 122 cm³/mol. The van der Waals surface area contributed by atoms with Gasteiger partial charge in [-0.3, -0.25) is 5.10 Å². The first-order chi connectivity index (χ1) is 15.4. The van der Waals surface area contributed by atoms with Gasteiger partial charge in [-0.2, -0.15) is 32.4 Å². The molecule has 0 spiro atoms. The molecule has 5 heterocycles. The lowest BCUT2D eigenvalue weighted by Crippen LogP contribution is -2.56. The van der Waals surface area contributed by atoms with Gasteiger partial charge in [0.2, 0.25) is 5.95 Å². The standard InChI is InChI=1S/C19H23N9O2S2/c1-12-8-16(26-25-12)22-17-15-4-7-31-18(15)24-19(23-17)21-14-2-5-27(6-3-14)32(29,30)28-10-13(9-20)11-28/h4,7-8,13-14H,2-3,5-6,10-11H2,1H3,(H3,21,22,23,24,25,26). The van der Waals surface area contributed by atoms with E-state index in [-0.39, 0.29) is 25.0 Å². The largest absolute Gasteiger partial charge is 0.351 e. The highest BCUT2D eigenvalue weighted by Crippen LogP contribution is 2.30. The van der Waals surface area contributed by atoms with E-state index in [1.54, 1.807) is 0 Å². The first kappa shape index (κ1) is 21.1. The van der Waals surface area contributed by atoms with Gasteiger partial charge in [0.05, 0.1) is 17.4 Å². The van der Waals surface area contributed by atoms with Crippen LogP contribution in [0.2, 0.25) is 0 Å². The van der Waals surface area contributed by atoms with Gasteiger partial charge in [-0.1, -0.05) is 0 Å². The number of aromatic nitrogens is 4. The first-order valence-electron chi connectivity index (χ1n) is 10.4. The molecule has 11 nitrogen and oxygen atoms in total. The molecule has 13 heteroatoms. The van der Waals surface area contributed by atoms with Crippen LogP contribution < -0.4 is 10.6 Å². The highest BCUT2D eigenvalue weighted by Gasteiger charge is 2.40. The summed E-state index contributed by atoms with van der Waals surface area (Å²) in [6.45, 7) is 3.36. The highest BCUT2D eigenvalue weighted by molar-refractivity contribution is 7.86. The fraction of sp³-hybridized carbons (Fsp3) is 0.474. The number of aromatic amines is 1. The molecule has 0 radical (unpaired) electrons. The Morgan fingerprint density at radius 2 is 2.03 bits per heavy atom. The second kappa shape index (κ2) is 8.28. The molecule has 0 atom stereocenters. The number of hydrogen-bond acceptors (Lipinski definition) is 9. The maximum Gasteiger partial charge on any atom is 0.282 e. The maximum absolute atomic E-state index is 12.7. The Morgan fingerprint density at radius 1 is 1.25 bits per heavy atom. The van der Waals surface area contributed by atoms with Gasteiger partial charge in [-0.05, 0) is 31.2 Å². The number of nitrogens with one attached hydrogen (secondary N) is 3. The monoisotopic (exact) mass is 473 g/mol. The van der Waals surface area contributed by atoms with Crippen molar-refractivity contribution in [3.63, 3.8) is 0 Å². The Labute approximate surface area is 189 Å². The zero-order chi connectivity index (χ0) is 22.3. The van der Waals surface area contributed by atoms with Crippen LogP contribution >= 0.6 is 11.3 Å². The average molecular weight is 474 g/mol. The smallest absolute Gasteiger partial charge is 0.282 e. The molecule has 2 aliphatic rings. The highest BCUT2D eigenvalue weighted by atomic mass is 32.2. The van der Waals surface area contributed by atoms with E-state index in [1.807, 2.05) is 24.4 Å². The summed E-state index contributed by atoms with van der Waals surface area (Å²) in [5.74, 6) is 1.68. The maximum atomic E-state index is 12.7.